The smallest absolute Gasteiger partial charge is 0.271 e. The van der Waals surface area contributed by atoms with Crippen LogP contribution in [0, 0.1) is 5.82 Å². The first kappa shape index (κ1) is 20.4. The maximum atomic E-state index is 13.7. The summed E-state index contributed by atoms with van der Waals surface area (Å²) in [6.45, 7) is 0.0756. The van der Waals surface area contributed by atoms with Gasteiger partial charge in [-0.1, -0.05) is 35.9 Å². The molecule has 1 amide bonds. The van der Waals surface area contributed by atoms with Gasteiger partial charge in [0.2, 0.25) is 0 Å². The molecule has 0 heterocycles. The van der Waals surface area contributed by atoms with Crippen LogP contribution in [0.1, 0.15) is 21.5 Å². The molecular weight excluding hydrogens is 395 g/mol. The highest BCUT2D eigenvalue weighted by Crippen LogP contribution is 2.28. The third-order valence-electron chi connectivity index (χ3n) is 4.00. The molecule has 0 aromatic heterocycles. The van der Waals surface area contributed by atoms with E-state index in [-0.39, 0.29) is 18.3 Å². The van der Waals surface area contributed by atoms with Crippen molar-refractivity contribution >= 4 is 23.7 Å². The normalized spacial score (nSPS) is 10.7. The summed E-state index contributed by atoms with van der Waals surface area (Å²) >= 11 is 5.88. The minimum absolute atomic E-state index is 0.0756. The molecule has 0 saturated heterocycles. The van der Waals surface area contributed by atoms with E-state index in [9.17, 15) is 9.18 Å². The summed E-state index contributed by atoms with van der Waals surface area (Å²) in [6, 6.07) is 18.1. The summed E-state index contributed by atoms with van der Waals surface area (Å²) in [7, 11) is 1.51. The molecule has 0 fully saturated rings. The molecule has 3 aromatic carbocycles. The summed E-state index contributed by atoms with van der Waals surface area (Å²) in [5.41, 5.74) is 3.98. The second-order valence-electron chi connectivity index (χ2n) is 6.00. The van der Waals surface area contributed by atoms with E-state index in [1.807, 2.05) is 0 Å². The monoisotopic (exact) mass is 412 g/mol. The molecular formula is C22H18ClFN2O3. The predicted octanol–water partition coefficient (Wildman–Crippen LogP) is 4.83. The highest BCUT2D eigenvalue weighted by atomic mass is 35.5. The van der Waals surface area contributed by atoms with Crippen LogP contribution in [0.15, 0.2) is 71.8 Å². The second-order valence-corrected chi connectivity index (χ2v) is 6.44. The standard InChI is InChI=1S/C22H18ClFN2O3/c1-28-21-11-15(13-25-26-22(27)16-6-4-7-18(23)12-16)9-10-20(21)29-14-17-5-2-3-8-19(17)24/h2-13H,14H2,1H3,(H,26,27). The number of halogens is 2. The fourth-order valence-electron chi connectivity index (χ4n) is 2.51. The van der Waals surface area contributed by atoms with Crippen LogP contribution >= 0.6 is 11.6 Å². The molecule has 0 bridgehead atoms. The van der Waals surface area contributed by atoms with E-state index in [4.69, 9.17) is 21.1 Å². The number of amides is 1. The number of nitrogens with one attached hydrogen (secondary N) is 1. The Kier molecular flexibility index (Phi) is 6.81. The van der Waals surface area contributed by atoms with Crippen molar-refractivity contribution in [3.8, 4) is 11.5 Å². The van der Waals surface area contributed by atoms with Gasteiger partial charge in [-0.05, 0) is 48.0 Å². The number of methoxy groups -OCH3 is 1. The van der Waals surface area contributed by atoms with Gasteiger partial charge in [-0.2, -0.15) is 5.10 Å². The number of hydrazone groups is 1. The van der Waals surface area contributed by atoms with E-state index >= 15 is 0 Å². The molecule has 7 heteroatoms. The zero-order valence-corrected chi connectivity index (χ0v) is 16.3. The molecule has 0 saturated carbocycles. The van der Waals surface area contributed by atoms with Crippen molar-refractivity contribution in [1.29, 1.82) is 0 Å². The lowest BCUT2D eigenvalue weighted by molar-refractivity contribution is 0.0955. The Hall–Kier alpha value is -3.38. The first-order valence-corrected chi connectivity index (χ1v) is 9.08. The molecule has 0 atom stereocenters. The largest absolute Gasteiger partial charge is 0.493 e. The van der Waals surface area contributed by atoms with Crippen LogP contribution in [0.5, 0.6) is 11.5 Å². The lowest BCUT2D eigenvalue weighted by Gasteiger charge is -2.11. The van der Waals surface area contributed by atoms with Crippen LogP contribution in [-0.2, 0) is 6.61 Å². The van der Waals surface area contributed by atoms with Crippen molar-refractivity contribution in [2.45, 2.75) is 6.61 Å². The average molecular weight is 413 g/mol. The number of nitrogens with zero attached hydrogens (tertiary/aromatic N) is 1. The topological polar surface area (TPSA) is 59.9 Å². The molecule has 0 aliphatic heterocycles. The third kappa shape index (κ3) is 5.56. The molecule has 0 aliphatic carbocycles. The maximum absolute atomic E-state index is 13.7. The number of carbonyl (C=O) groups is 1. The van der Waals surface area contributed by atoms with Crippen molar-refractivity contribution in [3.63, 3.8) is 0 Å². The van der Waals surface area contributed by atoms with Crippen LogP contribution in [0.3, 0.4) is 0 Å². The number of rotatable bonds is 7. The van der Waals surface area contributed by atoms with Gasteiger partial charge in [0.05, 0.1) is 13.3 Å². The van der Waals surface area contributed by atoms with Gasteiger partial charge < -0.3 is 9.47 Å². The average Bonchev–Trinajstić information content (AvgIpc) is 2.73. The molecule has 0 aliphatic rings. The van der Waals surface area contributed by atoms with Crippen LogP contribution in [-0.4, -0.2) is 19.2 Å². The lowest BCUT2D eigenvalue weighted by Crippen LogP contribution is -2.17. The second kappa shape index (κ2) is 9.71. The number of carbonyl (C=O) groups excluding carboxylic acids is 1. The molecule has 3 rings (SSSR count). The van der Waals surface area contributed by atoms with Gasteiger partial charge in [-0.3, -0.25) is 4.79 Å². The predicted molar refractivity (Wildman–Crippen MR) is 110 cm³/mol. The highest BCUT2D eigenvalue weighted by Gasteiger charge is 2.08. The van der Waals surface area contributed by atoms with Crippen LogP contribution in [0.25, 0.3) is 0 Å². The van der Waals surface area contributed by atoms with Gasteiger partial charge in [0.25, 0.3) is 5.91 Å². The van der Waals surface area contributed by atoms with Crippen LogP contribution in [0.4, 0.5) is 4.39 Å². The number of ether oxygens (including phenoxy) is 2. The minimum atomic E-state index is -0.374. The van der Waals surface area contributed by atoms with E-state index in [0.29, 0.717) is 33.2 Å². The summed E-state index contributed by atoms with van der Waals surface area (Å²) in [4.78, 5) is 12.1. The van der Waals surface area contributed by atoms with Gasteiger partial charge in [0.15, 0.2) is 11.5 Å². The van der Waals surface area contributed by atoms with Crippen molar-refractivity contribution in [2.24, 2.45) is 5.10 Å². The van der Waals surface area contributed by atoms with E-state index in [1.165, 1.54) is 19.4 Å². The highest BCUT2D eigenvalue weighted by molar-refractivity contribution is 6.30. The molecule has 29 heavy (non-hydrogen) atoms. The van der Waals surface area contributed by atoms with Gasteiger partial charge >= 0.3 is 0 Å². The Morgan fingerprint density at radius 2 is 1.93 bits per heavy atom. The van der Waals surface area contributed by atoms with E-state index in [1.54, 1.807) is 60.7 Å². The fourth-order valence-corrected chi connectivity index (χ4v) is 2.70. The summed E-state index contributed by atoms with van der Waals surface area (Å²) in [5, 5.41) is 4.41. The zero-order valence-electron chi connectivity index (χ0n) is 15.6. The number of hydrogen-bond donors (Lipinski definition) is 1. The van der Waals surface area contributed by atoms with Gasteiger partial charge in [-0.25, -0.2) is 9.82 Å². The van der Waals surface area contributed by atoms with Crippen molar-refractivity contribution in [1.82, 2.24) is 5.43 Å². The molecule has 0 radical (unpaired) electrons. The van der Waals surface area contributed by atoms with Gasteiger partial charge in [0.1, 0.15) is 12.4 Å². The van der Waals surface area contributed by atoms with E-state index < -0.39 is 0 Å². The van der Waals surface area contributed by atoms with E-state index in [2.05, 4.69) is 10.5 Å². The van der Waals surface area contributed by atoms with Crippen molar-refractivity contribution in [2.75, 3.05) is 7.11 Å². The van der Waals surface area contributed by atoms with Crippen molar-refractivity contribution in [3.05, 3.63) is 94.3 Å². The van der Waals surface area contributed by atoms with Gasteiger partial charge in [-0.15, -0.1) is 0 Å². The van der Waals surface area contributed by atoms with E-state index in [0.717, 1.165) is 0 Å². The molecule has 0 spiro atoms. The summed E-state index contributed by atoms with van der Waals surface area (Å²) in [5.74, 6) is 0.230. The minimum Gasteiger partial charge on any atom is -0.493 e. The SMILES string of the molecule is COc1cc(C=NNC(=O)c2cccc(Cl)c2)ccc1OCc1ccccc1F. The van der Waals surface area contributed by atoms with Crippen LogP contribution < -0.4 is 14.9 Å². The Bertz CT molecular complexity index is 1040. The molecule has 3 aromatic rings. The quantitative estimate of drug-likeness (QED) is 0.446. The summed E-state index contributed by atoms with van der Waals surface area (Å²) in [6.07, 6.45) is 1.48. The van der Waals surface area contributed by atoms with Crippen LogP contribution in [0.2, 0.25) is 5.02 Å². The maximum Gasteiger partial charge on any atom is 0.271 e. The lowest BCUT2D eigenvalue weighted by atomic mass is 10.2. The molecule has 1 N–H and O–H groups in total. The Labute approximate surface area is 172 Å². The number of benzene rings is 3. The third-order valence-corrected chi connectivity index (χ3v) is 4.23. The Balaban J connectivity index is 1.64. The molecule has 0 unspecified atom stereocenters. The summed E-state index contributed by atoms with van der Waals surface area (Å²) < 4.78 is 24.7. The Morgan fingerprint density at radius 1 is 1.10 bits per heavy atom. The molecule has 5 nitrogen and oxygen atoms in total. The molecule has 148 valence electrons. The number of hydrogen-bond acceptors (Lipinski definition) is 4. The first-order chi connectivity index (χ1) is 14.1. The zero-order chi connectivity index (χ0) is 20.6. The first-order valence-electron chi connectivity index (χ1n) is 8.70. The van der Waals surface area contributed by atoms with Crippen molar-refractivity contribution < 1.29 is 18.7 Å². The Morgan fingerprint density at radius 3 is 2.69 bits per heavy atom. The van der Waals surface area contributed by atoms with Gasteiger partial charge in [0, 0.05) is 16.1 Å². The fraction of sp³-hybridized carbons (Fsp3) is 0.0909.